The zero-order valence-electron chi connectivity index (χ0n) is 13.1. The number of aliphatic imine (C=N–C) groups is 1. The number of guanidine groups is 1. The van der Waals surface area contributed by atoms with Crippen LogP contribution in [0.2, 0.25) is 0 Å². The van der Waals surface area contributed by atoms with Crippen molar-refractivity contribution in [3.63, 3.8) is 0 Å². The number of hydrogen-bond donors (Lipinski definition) is 2. The lowest BCUT2D eigenvalue weighted by atomic mass is 9.93. The summed E-state index contributed by atoms with van der Waals surface area (Å²) >= 11 is 0. The van der Waals surface area contributed by atoms with Gasteiger partial charge in [-0.05, 0) is 51.3 Å². The number of methoxy groups -OCH3 is 1. The molecular formula is C16H23N3O2. The van der Waals surface area contributed by atoms with Crippen LogP contribution in [0.4, 0.5) is 0 Å². The van der Waals surface area contributed by atoms with Gasteiger partial charge in [0.25, 0.3) is 5.91 Å². The average Bonchev–Trinajstić information content (AvgIpc) is 2.71. The molecule has 114 valence electrons. The maximum absolute atomic E-state index is 12.1. The molecule has 1 aromatic carbocycles. The molecule has 1 aliphatic rings. The standard InChI is InChI=1S/C16H23N3O2/c1-11(2)17-15-18-14(20)16(3,19-15)10-9-12-5-7-13(21-4)8-6-12/h5-8,11H,9-10H2,1-4H3,(H2,17,18,19,20). The highest BCUT2D eigenvalue weighted by atomic mass is 16.5. The fourth-order valence-electron chi connectivity index (χ4n) is 2.28. The Labute approximate surface area is 125 Å². The van der Waals surface area contributed by atoms with Crippen molar-refractivity contribution in [1.82, 2.24) is 10.6 Å². The second-order valence-corrected chi connectivity index (χ2v) is 5.83. The molecule has 0 spiro atoms. The van der Waals surface area contributed by atoms with Crippen molar-refractivity contribution in [1.29, 1.82) is 0 Å². The summed E-state index contributed by atoms with van der Waals surface area (Å²) in [5.74, 6) is 1.40. The number of rotatable bonds is 5. The highest BCUT2D eigenvalue weighted by Gasteiger charge is 2.40. The summed E-state index contributed by atoms with van der Waals surface area (Å²) in [4.78, 5) is 16.5. The van der Waals surface area contributed by atoms with E-state index in [-0.39, 0.29) is 11.9 Å². The molecule has 1 aromatic rings. The molecule has 1 unspecified atom stereocenters. The summed E-state index contributed by atoms with van der Waals surface area (Å²) in [6.45, 7) is 5.87. The van der Waals surface area contributed by atoms with Gasteiger partial charge >= 0.3 is 0 Å². The van der Waals surface area contributed by atoms with Gasteiger partial charge in [-0.2, -0.15) is 0 Å². The van der Waals surface area contributed by atoms with E-state index in [1.165, 1.54) is 5.56 Å². The molecule has 2 N–H and O–H groups in total. The van der Waals surface area contributed by atoms with Gasteiger partial charge in [-0.1, -0.05) is 12.1 Å². The predicted octanol–water partition coefficient (Wildman–Crippen LogP) is 1.87. The molecule has 0 radical (unpaired) electrons. The molecule has 0 aromatic heterocycles. The summed E-state index contributed by atoms with van der Waals surface area (Å²) < 4.78 is 5.14. The smallest absolute Gasteiger partial charge is 0.252 e. The summed E-state index contributed by atoms with van der Waals surface area (Å²) in [5.41, 5.74) is 0.578. The van der Waals surface area contributed by atoms with Crippen LogP contribution in [-0.2, 0) is 11.2 Å². The molecule has 1 aliphatic heterocycles. The van der Waals surface area contributed by atoms with E-state index < -0.39 is 5.54 Å². The van der Waals surface area contributed by atoms with Gasteiger partial charge in [0.2, 0.25) is 0 Å². The van der Waals surface area contributed by atoms with Crippen LogP contribution in [0.1, 0.15) is 32.8 Å². The highest BCUT2D eigenvalue weighted by molar-refractivity contribution is 6.08. The van der Waals surface area contributed by atoms with Crippen LogP contribution in [0.5, 0.6) is 5.75 Å². The van der Waals surface area contributed by atoms with Crippen LogP contribution >= 0.6 is 0 Å². The van der Waals surface area contributed by atoms with Crippen molar-refractivity contribution in [2.24, 2.45) is 4.99 Å². The molecule has 0 bridgehead atoms. The van der Waals surface area contributed by atoms with E-state index in [4.69, 9.17) is 4.74 Å². The number of ether oxygens (including phenoxy) is 1. The third kappa shape index (κ3) is 3.74. The van der Waals surface area contributed by atoms with E-state index in [9.17, 15) is 4.79 Å². The molecular weight excluding hydrogens is 266 g/mol. The molecule has 2 rings (SSSR count). The molecule has 5 nitrogen and oxygen atoms in total. The first-order chi connectivity index (χ1) is 9.93. The first-order valence-corrected chi connectivity index (χ1v) is 7.23. The number of nitrogens with zero attached hydrogens (tertiary/aromatic N) is 1. The maximum atomic E-state index is 12.1. The fourth-order valence-corrected chi connectivity index (χ4v) is 2.28. The normalized spacial score (nSPS) is 23.3. The predicted molar refractivity (Wildman–Crippen MR) is 83.6 cm³/mol. The average molecular weight is 289 g/mol. The Morgan fingerprint density at radius 3 is 2.52 bits per heavy atom. The largest absolute Gasteiger partial charge is 0.497 e. The van der Waals surface area contributed by atoms with Crippen LogP contribution < -0.4 is 15.4 Å². The molecule has 1 fully saturated rings. The van der Waals surface area contributed by atoms with E-state index in [1.54, 1.807) is 7.11 Å². The zero-order chi connectivity index (χ0) is 15.5. The second-order valence-electron chi connectivity index (χ2n) is 5.83. The number of hydrogen-bond acceptors (Lipinski definition) is 3. The minimum absolute atomic E-state index is 0.0181. The van der Waals surface area contributed by atoms with Gasteiger partial charge in [0.1, 0.15) is 11.3 Å². The summed E-state index contributed by atoms with van der Waals surface area (Å²) in [6.07, 6.45) is 1.53. The zero-order valence-corrected chi connectivity index (χ0v) is 13.1. The molecule has 0 saturated carbocycles. The Hall–Kier alpha value is -2.04. The van der Waals surface area contributed by atoms with E-state index >= 15 is 0 Å². The Morgan fingerprint density at radius 2 is 1.95 bits per heavy atom. The molecule has 1 atom stereocenters. The first-order valence-electron chi connectivity index (χ1n) is 7.23. The Kier molecular flexibility index (Phi) is 4.50. The van der Waals surface area contributed by atoms with E-state index in [0.29, 0.717) is 12.4 Å². The lowest BCUT2D eigenvalue weighted by Gasteiger charge is -2.21. The molecule has 1 amide bonds. The number of amides is 1. The third-order valence-electron chi connectivity index (χ3n) is 3.59. The molecule has 0 aliphatic carbocycles. The lowest BCUT2D eigenvalue weighted by molar-refractivity contribution is -0.123. The van der Waals surface area contributed by atoms with Crippen molar-refractivity contribution in [3.05, 3.63) is 29.8 Å². The molecule has 21 heavy (non-hydrogen) atoms. The Balaban J connectivity index is 1.99. The van der Waals surface area contributed by atoms with E-state index in [1.807, 2.05) is 45.0 Å². The fraction of sp³-hybridized carbons (Fsp3) is 0.500. The monoisotopic (exact) mass is 289 g/mol. The first kappa shape index (κ1) is 15.4. The van der Waals surface area contributed by atoms with Crippen molar-refractivity contribution < 1.29 is 9.53 Å². The maximum Gasteiger partial charge on any atom is 0.252 e. The van der Waals surface area contributed by atoms with Crippen LogP contribution in [0, 0.1) is 0 Å². The van der Waals surface area contributed by atoms with Crippen molar-refractivity contribution >= 4 is 11.9 Å². The van der Waals surface area contributed by atoms with Crippen molar-refractivity contribution in [3.8, 4) is 5.75 Å². The number of aryl methyl sites for hydroxylation is 1. The quantitative estimate of drug-likeness (QED) is 0.870. The van der Waals surface area contributed by atoms with E-state index in [0.717, 1.165) is 12.2 Å². The SMILES string of the molecule is COc1ccc(CCC2(C)NC(=NC(C)C)NC2=O)cc1. The Morgan fingerprint density at radius 1 is 1.29 bits per heavy atom. The summed E-state index contributed by atoms with van der Waals surface area (Å²) in [7, 11) is 1.65. The van der Waals surface area contributed by atoms with Crippen LogP contribution in [-0.4, -0.2) is 30.6 Å². The number of carbonyl (C=O) groups excluding carboxylic acids is 1. The molecule has 5 heteroatoms. The van der Waals surface area contributed by atoms with Crippen LogP contribution in [0.25, 0.3) is 0 Å². The summed E-state index contributed by atoms with van der Waals surface area (Å²) in [5, 5.41) is 6.02. The number of carbonyl (C=O) groups is 1. The van der Waals surface area contributed by atoms with Gasteiger partial charge in [0.05, 0.1) is 7.11 Å². The van der Waals surface area contributed by atoms with Gasteiger partial charge in [-0.15, -0.1) is 0 Å². The van der Waals surface area contributed by atoms with Crippen molar-refractivity contribution in [2.45, 2.75) is 45.2 Å². The Bertz CT molecular complexity index is 537. The number of nitrogens with one attached hydrogen (secondary N) is 2. The van der Waals surface area contributed by atoms with Crippen LogP contribution in [0.3, 0.4) is 0 Å². The molecule has 1 heterocycles. The van der Waals surface area contributed by atoms with Gasteiger partial charge in [0, 0.05) is 6.04 Å². The van der Waals surface area contributed by atoms with Gasteiger partial charge in [-0.3, -0.25) is 15.1 Å². The minimum atomic E-state index is -0.604. The van der Waals surface area contributed by atoms with E-state index in [2.05, 4.69) is 15.6 Å². The lowest BCUT2D eigenvalue weighted by Crippen LogP contribution is -2.44. The van der Waals surface area contributed by atoms with Gasteiger partial charge in [0.15, 0.2) is 5.96 Å². The second kappa shape index (κ2) is 6.16. The van der Waals surface area contributed by atoms with Gasteiger partial charge < -0.3 is 10.1 Å². The third-order valence-corrected chi connectivity index (χ3v) is 3.59. The van der Waals surface area contributed by atoms with Crippen LogP contribution in [0.15, 0.2) is 29.3 Å². The summed E-state index contributed by atoms with van der Waals surface area (Å²) in [6, 6.07) is 8.07. The number of benzene rings is 1. The topological polar surface area (TPSA) is 62.7 Å². The minimum Gasteiger partial charge on any atom is -0.497 e. The van der Waals surface area contributed by atoms with Gasteiger partial charge in [-0.25, -0.2) is 0 Å². The van der Waals surface area contributed by atoms with Crippen molar-refractivity contribution in [2.75, 3.05) is 7.11 Å². The molecule has 1 saturated heterocycles. The highest BCUT2D eigenvalue weighted by Crippen LogP contribution is 2.19.